The Balaban J connectivity index is 1.93. The van der Waals surface area contributed by atoms with Gasteiger partial charge in [0, 0.05) is 6.54 Å². The number of rotatable bonds is 4. The van der Waals surface area contributed by atoms with Gasteiger partial charge in [0.05, 0.1) is 0 Å². The topological polar surface area (TPSA) is 40.5 Å². The van der Waals surface area contributed by atoms with E-state index in [1.165, 1.54) is 12.0 Å². The van der Waals surface area contributed by atoms with Gasteiger partial charge in [-0.15, -0.1) is 0 Å². The zero-order valence-corrected chi connectivity index (χ0v) is 10.8. The quantitative estimate of drug-likeness (QED) is 0.896. The summed E-state index contributed by atoms with van der Waals surface area (Å²) in [5.74, 6) is -0.655. The van der Waals surface area contributed by atoms with Gasteiger partial charge in [-0.1, -0.05) is 12.8 Å². The van der Waals surface area contributed by atoms with Crippen LogP contribution in [0.5, 0.6) is 0 Å². The fourth-order valence-corrected chi connectivity index (χ4v) is 3.13. The Hall–Kier alpha value is -0.870. The lowest BCUT2D eigenvalue weighted by atomic mass is 10.1. The van der Waals surface area contributed by atoms with Gasteiger partial charge in [-0.2, -0.15) is 11.3 Å². The van der Waals surface area contributed by atoms with E-state index in [4.69, 9.17) is 0 Å². The smallest absolute Gasteiger partial charge is 0.320 e. The summed E-state index contributed by atoms with van der Waals surface area (Å²) < 4.78 is 0. The van der Waals surface area contributed by atoms with Crippen molar-refractivity contribution in [3.05, 3.63) is 22.4 Å². The molecule has 1 aromatic rings. The van der Waals surface area contributed by atoms with E-state index in [0.29, 0.717) is 0 Å². The molecule has 17 heavy (non-hydrogen) atoms. The molecule has 1 aliphatic rings. The molecule has 0 aromatic carbocycles. The third-order valence-electron chi connectivity index (χ3n) is 3.42. The van der Waals surface area contributed by atoms with Crippen molar-refractivity contribution in [3.8, 4) is 0 Å². The zero-order valence-electron chi connectivity index (χ0n) is 9.97. The maximum Gasteiger partial charge on any atom is 0.320 e. The summed E-state index contributed by atoms with van der Waals surface area (Å²) in [6, 6.07) is 1.86. The van der Waals surface area contributed by atoms with Crippen LogP contribution in [0, 0.1) is 0 Å². The van der Waals surface area contributed by atoms with Gasteiger partial charge in [0.2, 0.25) is 0 Å². The summed E-state index contributed by atoms with van der Waals surface area (Å²) in [4.78, 5) is 13.4. The molecule has 1 N–H and O–H groups in total. The van der Waals surface area contributed by atoms with Crippen LogP contribution >= 0.6 is 11.3 Å². The molecule has 1 aromatic heterocycles. The van der Waals surface area contributed by atoms with E-state index in [-0.39, 0.29) is 6.04 Å². The van der Waals surface area contributed by atoms with Crippen LogP contribution in [-0.2, 0) is 11.2 Å². The summed E-state index contributed by atoms with van der Waals surface area (Å²) >= 11 is 1.70. The average Bonchev–Trinajstić information content (AvgIpc) is 2.70. The van der Waals surface area contributed by atoms with Crippen molar-refractivity contribution >= 4 is 17.3 Å². The lowest BCUT2D eigenvalue weighted by Gasteiger charge is -2.26. The molecule has 0 aliphatic carbocycles. The molecule has 0 saturated carbocycles. The molecule has 2 rings (SSSR count). The first-order valence-corrected chi connectivity index (χ1v) is 7.19. The number of nitrogens with zero attached hydrogens (tertiary/aromatic N) is 1. The fraction of sp³-hybridized carbons (Fsp3) is 0.615. The predicted molar refractivity (Wildman–Crippen MR) is 69.5 cm³/mol. The van der Waals surface area contributed by atoms with Crippen molar-refractivity contribution < 1.29 is 9.90 Å². The highest BCUT2D eigenvalue weighted by atomic mass is 32.1. The third-order valence-corrected chi connectivity index (χ3v) is 4.15. The standard InChI is InChI=1S/C13H19NO2S/c15-13(16)12-4-2-1-3-7-14(12)8-5-11-6-9-17-10-11/h6,9-10,12H,1-5,7-8H2,(H,15,16). The van der Waals surface area contributed by atoms with Crippen molar-refractivity contribution in [2.75, 3.05) is 13.1 Å². The minimum absolute atomic E-state index is 0.267. The molecule has 94 valence electrons. The molecule has 0 radical (unpaired) electrons. The summed E-state index contributed by atoms with van der Waals surface area (Å²) in [7, 11) is 0. The molecular weight excluding hydrogens is 234 g/mol. The largest absolute Gasteiger partial charge is 0.480 e. The number of carboxylic acids is 1. The van der Waals surface area contributed by atoms with Gasteiger partial charge >= 0.3 is 5.97 Å². The van der Waals surface area contributed by atoms with Gasteiger partial charge in [0.15, 0.2) is 0 Å². The molecular formula is C13H19NO2S. The Bertz CT molecular complexity index is 350. The Kier molecular flexibility index (Phi) is 4.57. The highest BCUT2D eigenvalue weighted by molar-refractivity contribution is 7.07. The number of carboxylic acid groups (broad SMARTS) is 1. The molecule has 0 spiro atoms. The van der Waals surface area contributed by atoms with E-state index >= 15 is 0 Å². The summed E-state index contributed by atoms with van der Waals surface area (Å²) in [6.07, 6.45) is 5.12. The Labute approximate surface area is 106 Å². The second-order valence-corrected chi connectivity index (χ2v) is 5.40. The Morgan fingerprint density at radius 3 is 3.06 bits per heavy atom. The zero-order chi connectivity index (χ0) is 12.1. The van der Waals surface area contributed by atoms with Gasteiger partial charge in [0.25, 0.3) is 0 Å². The van der Waals surface area contributed by atoms with Crippen molar-refractivity contribution in [1.29, 1.82) is 0 Å². The average molecular weight is 253 g/mol. The van der Waals surface area contributed by atoms with Gasteiger partial charge in [0.1, 0.15) is 6.04 Å². The molecule has 1 atom stereocenters. The van der Waals surface area contributed by atoms with Gasteiger partial charge < -0.3 is 5.11 Å². The van der Waals surface area contributed by atoms with Crippen LogP contribution in [-0.4, -0.2) is 35.1 Å². The van der Waals surface area contributed by atoms with Crippen molar-refractivity contribution in [1.82, 2.24) is 4.90 Å². The lowest BCUT2D eigenvalue weighted by molar-refractivity contribution is -0.143. The van der Waals surface area contributed by atoms with Crippen LogP contribution in [0.1, 0.15) is 31.2 Å². The molecule has 4 heteroatoms. The highest BCUT2D eigenvalue weighted by Gasteiger charge is 2.26. The van der Waals surface area contributed by atoms with E-state index in [9.17, 15) is 9.90 Å². The summed E-state index contributed by atoms with van der Waals surface area (Å²) in [6.45, 7) is 1.80. The summed E-state index contributed by atoms with van der Waals surface area (Å²) in [5.41, 5.74) is 1.32. The number of aliphatic carboxylic acids is 1. The number of hydrogen-bond acceptors (Lipinski definition) is 3. The van der Waals surface area contributed by atoms with Crippen LogP contribution in [0.3, 0.4) is 0 Å². The van der Waals surface area contributed by atoms with E-state index in [1.807, 2.05) is 0 Å². The molecule has 0 bridgehead atoms. The molecule has 3 nitrogen and oxygen atoms in total. The number of hydrogen-bond donors (Lipinski definition) is 1. The van der Waals surface area contributed by atoms with Gasteiger partial charge in [-0.25, -0.2) is 0 Å². The van der Waals surface area contributed by atoms with E-state index < -0.39 is 5.97 Å². The SMILES string of the molecule is O=C(O)C1CCCCCN1CCc1ccsc1. The van der Waals surface area contributed by atoms with Gasteiger partial charge in [-0.05, 0) is 48.2 Å². The van der Waals surface area contributed by atoms with Crippen molar-refractivity contribution in [3.63, 3.8) is 0 Å². The minimum Gasteiger partial charge on any atom is -0.480 e. The highest BCUT2D eigenvalue weighted by Crippen LogP contribution is 2.18. The number of likely N-dealkylation sites (tertiary alicyclic amines) is 1. The van der Waals surface area contributed by atoms with Crippen molar-refractivity contribution in [2.24, 2.45) is 0 Å². The third kappa shape index (κ3) is 3.54. The maximum atomic E-state index is 11.2. The van der Waals surface area contributed by atoms with Crippen LogP contribution in [0.15, 0.2) is 16.8 Å². The van der Waals surface area contributed by atoms with E-state index in [0.717, 1.165) is 38.8 Å². The molecule has 0 amide bonds. The predicted octanol–water partition coefficient (Wildman–Crippen LogP) is 2.62. The fourth-order valence-electron chi connectivity index (χ4n) is 2.42. The van der Waals surface area contributed by atoms with E-state index in [1.54, 1.807) is 11.3 Å². The van der Waals surface area contributed by atoms with E-state index in [2.05, 4.69) is 21.7 Å². The first kappa shape index (κ1) is 12.6. The first-order valence-electron chi connectivity index (χ1n) is 6.25. The number of carbonyl (C=O) groups is 1. The molecule has 1 unspecified atom stereocenters. The molecule has 2 heterocycles. The summed E-state index contributed by atoms with van der Waals surface area (Å²) in [5, 5.41) is 13.5. The van der Waals surface area contributed by atoms with Crippen LogP contribution in [0.25, 0.3) is 0 Å². The molecule has 1 aliphatic heterocycles. The Morgan fingerprint density at radius 2 is 2.35 bits per heavy atom. The number of thiophene rings is 1. The monoisotopic (exact) mass is 253 g/mol. The molecule has 1 saturated heterocycles. The van der Waals surface area contributed by atoms with Crippen LogP contribution in [0.2, 0.25) is 0 Å². The lowest BCUT2D eigenvalue weighted by Crippen LogP contribution is -2.41. The maximum absolute atomic E-state index is 11.2. The Morgan fingerprint density at radius 1 is 1.47 bits per heavy atom. The first-order chi connectivity index (χ1) is 8.27. The second-order valence-electron chi connectivity index (χ2n) is 4.62. The van der Waals surface area contributed by atoms with Crippen LogP contribution in [0.4, 0.5) is 0 Å². The normalized spacial score (nSPS) is 22.2. The van der Waals surface area contributed by atoms with Crippen LogP contribution < -0.4 is 0 Å². The van der Waals surface area contributed by atoms with Gasteiger partial charge in [-0.3, -0.25) is 9.69 Å². The second kappa shape index (κ2) is 6.17. The molecule has 1 fully saturated rings. The minimum atomic E-state index is -0.655. The van der Waals surface area contributed by atoms with Crippen molar-refractivity contribution in [2.45, 2.75) is 38.1 Å².